The summed E-state index contributed by atoms with van der Waals surface area (Å²) in [6.07, 6.45) is 0. The molecule has 4 aromatic heterocycles. The highest BCUT2D eigenvalue weighted by Gasteiger charge is 2.29. The summed E-state index contributed by atoms with van der Waals surface area (Å²) in [4.78, 5) is 0. The summed E-state index contributed by atoms with van der Waals surface area (Å²) in [5.74, 6) is 0. The van der Waals surface area contributed by atoms with Crippen molar-refractivity contribution < 1.29 is 17.7 Å². The van der Waals surface area contributed by atoms with Crippen LogP contribution in [-0.4, -0.2) is 0 Å². The Morgan fingerprint density at radius 1 is 0.161 bits per heavy atom. The summed E-state index contributed by atoms with van der Waals surface area (Å²) >= 11 is 0. The molecule has 112 heavy (non-hydrogen) atoms. The fourth-order valence-electron chi connectivity index (χ4n) is 19.3. The maximum Gasteiger partial charge on any atom is 0.143 e. The lowest BCUT2D eigenvalue weighted by Crippen LogP contribution is -1.93. The van der Waals surface area contributed by atoms with E-state index in [4.69, 9.17) is 17.7 Å². The van der Waals surface area contributed by atoms with Gasteiger partial charge in [-0.1, -0.05) is 216 Å². The van der Waals surface area contributed by atoms with Gasteiger partial charge in [0.2, 0.25) is 0 Å². The number of benzene rings is 20. The lowest BCUT2D eigenvalue weighted by molar-refractivity contribution is 0.671. The van der Waals surface area contributed by atoms with Crippen LogP contribution in [0, 0.1) is 55.4 Å². The third-order valence-electron chi connectivity index (χ3n) is 24.7. The molecule has 0 aliphatic heterocycles. The van der Waals surface area contributed by atoms with E-state index >= 15 is 0 Å². The Bertz CT molecular complexity index is 7660. The number of furan rings is 4. The first-order valence-corrected chi connectivity index (χ1v) is 39.0. The van der Waals surface area contributed by atoms with E-state index in [-0.39, 0.29) is 0 Å². The molecule has 0 fully saturated rings. The fourth-order valence-corrected chi connectivity index (χ4v) is 19.3. The van der Waals surface area contributed by atoms with Crippen molar-refractivity contribution in [3.8, 4) is 66.8 Å². The highest BCUT2D eigenvalue weighted by molar-refractivity contribution is 6.41. The minimum absolute atomic E-state index is 0.877. The predicted octanol–water partition coefficient (Wildman–Crippen LogP) is 31.5. The normalized spacial score (nSPS) is 12.3. The van der Waals surface area contributed by atoms with Gasteiger partial charge in [0.05, 0.1) is 0 Å². The van der Waals surface area contributed by atoms with E-state index in [1.807, 2.05) is 0 Å². The molecule has 4 nitrogen and oxygen atoms in total. The summed E-state index contributed by atoms with van der Waals surface area (Å²) in [6, 6.07) is 107. The Morgan fingerprint density at radius 2 is 0.473 bits per heavy atom. The summed E-state index contributed by atoms with van der Waals surface area (Å²) in [7, 11) is 0. The molecule has 4 heteroatoms. The van der Waals surface area contributed by atoms with Crippen molar-refractivity contribution in [3.63, 3.8) is 0 Å². The highest BCUT2D eigenvalue weighted by Crippen LogP contribution is 2.55. The molecule has 0 aliphatic rings. The van der Waals surface area contributed by atoms with Gasteiger partial charge in [0.15, 0.2) is 0 Å². The zero-order chi connectivity index (χ0) is 74.8. The first kappa shape index (κ1) is 64.2. The molecule has 0 spiro atoms. The SMILES string of the molecule is Cc1cc(C)cc(-c2cc3c4oc5cc(C)c(C)cc5c4cc4c(-c5cc(C)cc(C)c5)cc5c6oc7cc(C)c(C)cc7c6cc2c5c43)c1.c1ccc(-c2ccc3oc4c(cc5c(-c6cccc7ccccc67)cc6c7oc8ccc(-c9ccccc9)cc8c7cc7c(-c8cccc9ccccc89)cc4c5c76)c3c2)cc1. The molecular weight excluding hydrogens is 1360 g/mol. The molecular formula is C108H72O4. The number of aryl methyl sites for hydroxylation is 8. The van der Waals surface area contributed by atoms with Crippen LogP contribution in [0.1, 0.15) is 44.5 Å². The highest BCUT2D eigenvalue weighted by atomic mass is 16.3. The molecule has 0 saturated carbocycles. The lowest BCUT2D eigenvalue weighted by Gasteiger charge is -2.20. The van der Waals surface area contributed by atoms with E-state index in [1.54, 1.807) is 0 Å². The summed E-state index contributed by atoms with van der Waals surface area (Å²) < 4.78 is 27.9. The fraction of sp³-hybridized carbons (Fsp3) is 0.0741. The van der Waals surface area contributed by atoms with Crippen LogP contribution in [-0.2, 0) is 0 Å². The van der Waals surface area contributed by atoms with Crippen LogP contribution in [0.3, 0.4) is 0 Å². The number of hydrogen-bond acceptors (Lipinski definition) is 4. The minimum atomic E-state index is 0.877. The van der Waals surface area contributed by atoms with Gasteiger partial charge in [-0.2, -0.15) is 0 Å². The van der Waals surface area contributed by atoms with Crippen molar-refractivity contribution in [1.82, 2.24) is 0 Å². The van der Waals surface area contributed by atoms with Gasteiger partial charge in [-0.15, -0.1) is 0 Å². The Kier molecular flexibility index (Phi) is 13.7. The number of hydrogen-bond donors (Lipinski definition) is 0. The Labute approximate surface area is 645 Å². The Hall–Kier alpha value is -13.8. The van der Waals surface area contributed by atoms with E-state index in [2.05, 4.69) is 347 Å². The van der Waals surface area contributed by atoms with Crippen molar-refractivity contribution in [1.29, 1.82) is 0 Å². The van der Waals surface area contributed by atoms with Gasteiger partial charge in [-0.3, -0.25) is 0 Å². The average molecular weight is 1430 g/mol. The van der Waals surface area contributed by atoms with Crippen molar-refractivity contribution in [2.45, 2.75) is 55.4 Å². The first-order chi connectivity index (χ1) is 54.7. The Balaban J connectivity index is 0.000000137. The maximum absolute atomic E-state index is 7.06. The van der Waals surface area contributed by atoms with E-state index in [1.165, 1.54) is 187 Å². The molecule has 0 radical (unpaired) electrons. The van der Waals surface area contributed by atoms with Gasteiger partial charge >= 0.3 is 0 Å². The lowest BCUT2D eigenvalue weighted by atomic mass is 9.82. The zero-order valence-electron chi connectivity index (χ0n) is 63.3. The van der Waals surface area contributed by atoms with Crippen molar-refractivity contribution in [2.24, 2.45) is 0 Å². The van der Waals surface area contributed by atoms with E-state index in [0.717, 1.165) is 98.5 Å². The molecule has 0 aliphatic carbocycles. The largest absolute Gasteiger partial charge is 0.455 e. The van der Waals surface area contributed by atoms with Gasteiger partial charge in [0.1, 0.15) is 44.7 Å². The Morgan fingerprint density at radius 3 is 0.857 bits per heavy atom. The second kappa shape index (κ2) is 23.9. The molecule has 0 amide bonds. The van der Waals surface area contributed by atoms with Crippen LogP contribution in [0.25, 0.3) is 241 Å². The molecule has 0 saturated heterocycles. The molecule has 24 rings (SSSR count). The standard InChI is InChI=1S/C60H34O2.C48H38O2/c1-3-13-35(14-4-1)39-25-27-55-47(29-39)51-33-49-45(43-23-11-19-37-17-7-9-21-41(37)43)32-54-58-50(34-52-48-30-40(36-15-5-2-6-16-36)26-28-56(48)62-60(52)54)46(31-53(57(49)58)59(51)61-55)44-24-12-20-38-18-8-10-22-42(38)44;1-23-9-24(2)12-31(11-23)33-19-41-46-38(22-40-36-16-28(6)30(8)18-44(36)49-47(40)41)34(32-13-25(3)10-26(4)14-32)20-42-45(46)37(33)21-39-35-15-27(5)29(7)17-43(35)50-48(39)42/h1-34H;9-22H,1-8H3. The average Bonchev–Trinajstić information content (AvgIpc) is 1.53. The molecule has 24 aromatic rings. The third kappa shape index (κ3) is 9.55. The predicted molar refractivity (Wildman–Crippen MR) is 475 cm³/mol. The van der Waals surface area contributed by atoms with Gasteiger partial charge in [0, 0.05) is 86.2 Å². The quantitative estimate of drug-likeness (QED) is 0.156. The number of fused-ring (bicyclic) bond motifs is 18. The van der Waals surface area contributed by atoms with Crippen molar-refractivity contribution in [2.75, 3.05) is 0 Å². The topological polar surface area (TPSA) is 52.6 Å². The smallest absolute Gasteiger partial charge is 0.143 e. The van der Waals surface area contributed by atoms with Crippen LogP contribution in [0.2, 0.25) is 0 Å². The van der Waals surface area contributed by atoms with Crippen LogP contribution in [0.5, 0.6) is 0 Å². The maximum atomic E-state index is 7.06. The van der Waals surface area contributed by atoms with Crippen molar-refractivity contribution in [3.05, 3.63) is 336 Å². The molecule has 528 valence electrons. The van der Waals surface area contributed by atoms with E-state index in [9.17, 15) is 0 Å². The van der Waals surface area contributed by atoms with Crippen molar-refractivity contribution >= 4 is 174 Å². The molecule has 0 bridgehead atoms. The summed E-state index contributed by atoms with van der Waals surface area (Å²) in [5, 5.41) is 28.1. The summed E-state index contributed by atoms with van der Waals surface area (Å²) in [5.41, 5.74) is 31.7. The second-order valence-electron chi connectivity index (χ2n) is 31.8. The zero-order valence-corrected chi connectivity index (χ0v) is 63.3. The van der Waals surface area contributed by atoms with Gasteiger partial charge in [0.25, 0.3) is 0 Å². The van der Waals surface area contributed by atoms with Gasteiger partial charge in [-0.05, 0) is 285 Å². The molecule has 20 aromatic carbocycles. The van der Waals surface area contributed by atoms with E-state index < -0.39 is 0 Å². The van der Waals surface area contributed by atoms with Crippen LogP contribution in [0.15, 0.2) is 309 Å². The molecule has 0 atom stereocenters. The first-order valence-electron chi connectivity index (χ1n) is 39.0. The molecule has 0 unspecified atom stereocenters. The monoisotopic (exact) mass is 1430 g/mol. The van der Waals surface area contributed by atoms with Crippen LogP contribution in [0.4, 0.5) is 0 Å². The molecule has 4 heterocycles. The minimum Gasteiger partial charge on any atom is -0.455 e. The second-order valence-corrected chi connectivity index (χ2v) is 31.8. The van der Waals surface area contributed by atoms with Crippen LogP contribution < -0.4 is 0 Å². The van der Waals surface area contributed by atoms with Crippen LogP contribution >= 0.6 is 0 Å². The summed E-state index contributed by atoms with van der Waals surface area (Å²) in [6.45, 7) is 17.5. The molecule has 0 N–H and O–H groups in total. The third-order valence-corrected chi connectivity index (χ3v) is 24.7. The number of rotatable bonds is 6. The van der Waals surface area contributed by atoms with Gasteiger partial charge < -0.3 is 17.7 Å². The van der Waals surface area contributed by atoms with E-state index in [0.29, 0.717) is 0 Å². The van der Waals surface area contributed by atoms with Gasteiger partial charge in [-0.25, -0.2) is 0 Å².